The molecule has 1 unspecified atom stereocenters. The first-order chi connectivity index (χ1) is 7.15. The molecule has 1 atom stereocenters. The van der Waals surface area contributed by atoms with Crippen molar-refractivity contribution in [1.29, 1.82) is 0 Å². The minimum absolute atomic E-state index is 0.0606. The van der Waals surface area contributed by atoms with Gasteiger partial charge < -0.3 is 11.1 Å². The van der Waals surface area contributed by atoms with E-state index in [1.54, 1.807) is 0 Å². The lowest BCUT2D eigenvalue weighted by atomic mass is 9.96. The van der Waals surface area contributed by atoms with Crippen molar-refractivity contribution in [3.05, 3.63) is 27.7 Å². The number of nitrogens with one attached hydrogen (secondary N) is 1. The largest absolute Gasteiger partial charge is 0.330 e. The van der Waals surface area contributed by atoms with Gasteiger partial charge in [0.15, 0.2) is 0 Å². The normalized spacial score (nSPS) is 18.9. The number of aryl methyl sites for hydroxylation is 1. The monoisotopic (exact) mass is 268 g/mol. The van der Waals surface area contributed by atoms with Crippen molar-refractivity contribution in [2.75, 3.05) is 11.9 Å². The van der Waals surface area contributed by atoms with Crippen molar-refractivity contribution in [3.63, 3.8) is 0 Å². The molecule has 0 aliphatic carbocycles. The fraction of sp³-hybridized carbons (Fsp3) is 0.364. The number of anilines is 1. The van der Waals surface area contributed by atoms with Gasteiger partial charge in [-0.1, -0.05) is 22.0 Å². The Bertz CT molecular complexity index is 417. The van der Waals surface area contributed by atoms with Crippen molar-refractivity contribution in [3.8, 4) is 0 Å². The molecule has 1 heterocycles. The molecular weight excluding hydrogens is 256 g/mol. The van der Waals surface area contributed by atoms with Gasteiger partial charge in [0.2, 0.25) is 5.91 Å². The Morgan fingerprint density at radius 2 is 2.27 bits per heavy atom. The highest BCUT2D eigenvalue weighted by atomic mass is 79.9. The Morgan fingerprint density at radius 3 is 2.93 bits per heavy atom. The molecule has 1 aromatic rings. The molecule has 0 bridgehead atoms. The van der Waals surface area contributed by atoms with Gasteiger partial charge >= 0.3 is 0 Å². The molecule has 4 heteroatoms. The molecule has 2 rings (SSSR count). The molecule has 1 amide bonds. The van der Waals surface area contributed by atoms with Gasteiger partial charge in [-0.15, -0.1) is 0 Å². The van der Waals surface area contributed by atoms with Gasteiger partial charge in [-0.25, -0.2) is 0 Å². The van der Waals surface area contributed by atoms with Gasteiger partial charge in [-0.05, 0) is 31.5 Å². The number of carbonyl (C=O) groups is 1. The smallest absolute Gasteiger partial charge is 0.232 e. The van der Waals surface area contributed by atoms with Gasteiger partial charge in [-0.3, -0.25) is 4.79 Å². The molecule has 0 aromatic heterocycles. The van der Waals surface area contributed by atoms with Crippen LogP contribution in [0.3, 0.4) is 0 Å². The van der Waals surface area contributed by atoms with Crippen LogP contribution in [0.15, 0.2) is 16.6 Å². The van der Waals surface area contributed by atoms with E-state index in [0.717, 1.165) is 21.3 Å². The summed E-state index contributed by atoms with van der Waals surface area (Å²) in [5.41, 5.74) is 8.63. The third-order valence-corrected chi connectivity index (χ3v) is 3.46. The topological polar surface area (TPSA) is 55.1 Å². The summed E-state index contributed by atoms with van der Waals surface area (Å²) in [6, 6.07) is 3.98. The molecule has 0 spiro atoms. The summed E-state index contributed by atoms with van der Waals surface area (Å²) >= 11 is 3.49. The number of amides is 1. The lowest BCUT2D eigenvalue weighted by Crippen LogP contribution is -2.15. The predicted octanol–water partition coefficient (Wildman–Crippen LogP) is 2.14. The summed E-state index contributed by atoms with van der Waals surface area (Å²) in [5, 5.41) is 2.92. The Kier molecular flexibility index (Phi) is 2.80. The van der Waals surface area contributed by atoms with Gasteiger partial charge in [0.1, 0.15) is 0 Å². The van der Waals surface area contributed by atoms with E-state index in [1.807, 2.05) is 19.1 Å². The van der Waals surface area contributed by atoms with Crippen LogP contribution in [-0.2, 0) is 4.79 Å². The second kappa shape index (κ2) is 3.94. The molecule has 1 aliphatic rings. The maximum atomic E-state index is 11.7. The zero-order valence-electron chi connectivity index (χ0n) is 8.51. The Labute approximate surface area is 97.2 Å². The summed E-state index contributed by atoms with van der Waals surface area (Å²) in [6.45, 7) is 2.52. The number of fused-ring (bicyclic) bond motifs is 1. The molecular formula is C11H13BrN2O. The van der Waals surface area contributed by atoms with Crippen LogP contribution < -0.4 is 11.1 Å². The average Bonchev–Trinajstić information content (AvgIpc) is 2.53. The summed E-state index contributed by atoms with van der Waals surface area (Å²) in [7, 11) is 0. The van der Waals surface area contributed by atoms with Crippen LogP contribution >= 0.6 is 15.9 Å². The Balaban J connectivity index is 2.52. The van der Waals surface area contributed by atoms with Crippen molar-refractivity contribution in [1.82, 2.24) is 0 Å². The molecule has 15 heavy (non-hydrogen) atoms. The van der Waals surface area contributed by atoms with E-state index in [-0.39, 0.29) is 11.8 Å². The highest BCUT2D eigenvalue weighted by molar-refractivity contribution is 9.10. The molecule has 0 radical (unpaired) electrons. The first kappa shape index (κ1) is 10.6. The summed E-state index contributed by atoms with van der Waals surface area (Å²) in [4.78, 5) is 11.7. The third kappa shape index (κ3) is 1.68. The van der Waals surface area contributed by atoms with E-state index in [4.69, 9.17) is 5.73 Å². The van der Waals surface area contributed by atoms with Crippen molar-refractivity contribution in [2.24, 2.45) is 5.73 Å². The van der Waals surface area contributed by atoms with Crippen molar-refractivity contribution < 1.29 is 4.79 Å². The van der Waals surface area contributed by atoms with E-state index in [1.165, 1.54) is 0 Å². The Hall–Kier alpha value is -0.870. The number of benzene rings is 1. The average molecular weight is 269 g/mol. The van der Waals surface area contributed by atoms with E-state index in [9.17, 15) is 4.79 Å². The third-order valence-electron chi connectivity index (χ3n) is 2.77. The zero-order valence-corrected chi connectivity index (χ0v) is 10.1. The van der Waals surface area contributed by atoms with E-state index in [2.05, 4.69) is 21.2 Å². The molecule has 1 aromatic carbocycles. The van der Waals surface area contributed by atoms with Crippen LogP contribution in [0.4, 0.5) is 5.69 Å². The van der Waals surface area contributed by atoms with Crippen molar-refractivity contribution >= 4 is 27.5 Å². The van der Waals surface area contributed by atoms with Crippen LogP contribution in [0.2, 0.25) is 0 Å². The summed E-state index contributed by atoms with van der Waals surface area (Å²) in [5.74, 6) is -0.0373. The van der Waals surface area contributed by atoms with Gasteiger partial charge in [0.05, 0.1) is 5.92 Å². The predicted molar refractivity (Wildman–Crippen MR) is 63.9 cm³/mol. The minimum atomic E-state index is -0.0979. The Morgan fingerprint density at radius 1 is 1.53 bits per heavy atom. The number of rotatable bonds is 2. The van der Waals surface area contributed by atoms with Crippen LogP contribution in [0, 0.1) is 6.92 Å². The lowest BCUT2D eigenvalue weighted by molar-refractivity contribution is -0.117. The molecule has 1 aliphatic heterocycles. The van der Waals surface area contributed by atoms with Gasteiger partial charge in [-0.2, -0.15) is 0 Å². The quantitative estimate of drug-likeness (QED) is 0.864. The summed E-state index contributed by atoms with van der Waals surface area (Å²) in [6.07, 6.45) is 0.695. The molecule has 0 fully saturated rings. The van der Waals surface area contributed by atoms with Crippen LogP contribution in [-0.4, -0.2) is 12.5 Å². The van der Waals surface area contributed by atoms with Crippen LogP contribution in [0.25, 0.3) is 0 Å². The maximum Gasteiger partial charge on any atom is 0.232 e. The molecule has 3 nitrogen and oxygen atoms in total. The highest BCUT2D eigenvalue weighted by Gasteiger charge is 2.32. The molecule has 0 saturated carbocycles. The second-order valence-corrected chi connectivity index (χ2v) is 4.63. The number of halogens is 1. The number of hydrogen-bond acceptors (Lipinski definition) is 2. The standard InChI is InChI=1S/C11H13BrN2O/c1-6-2-3-8(12)9-7(4-5-13)11(15)14-10(6)9/h2-3,7H,4-5,13H2,1H3,(H,14,15). The fourth-order valence-electron chi connectivity index (χ4n) is 1.99. The highest BCUT2D eigenvalue weighted by Crippen LogP contribution is 2.41. The van der Waals surface area contributed by atoms with Crippen LogP contribution in [0.1, 0.15) is 23.5 Å². The maximum absolute atomic E-state index is 11.7. The second-order valence-electron chi connectivity index (χ2n) is 3.77. The summed E-state index contributed by atoms with van der Waals surface area (Å²) < 4.78 is 0.986. The number of nitrogens with two attached hydrogens (primary N) is 1. The van der Waals surface area contributed by atoms with Gasteiger partial charge in [0, 0.05) is 15.7 Å². The number of carbonyl (C=O) groups excluding carboxylic acids is 1. The van der Waals surface area contributed by atoms with E-state index >= 15 is 0 Å². The molecule has 0 saturated heterocycles. The minimum Gasteiger partial charge on any atom is -0.330 e. The van der Waals surface area contributed by atoms with Crippen LogP contribution in [0.5, 0.6) is 0 Å². The van der Waals surface area contributed by atoms with Crippen molar-refractivity contribution in [2.45, 2.75) is 19.3 Å². The zero-order chi connectivity index (χ0) is 11.0. The first-order valence-electron chi connectivity index (χ1n) is 4.95. The van der Waals surface area contributed by atoms with Gasteiger partial charge in [0.25, 0.3) is 0 Å². The first-order valence-corrected chi connectivity index (χ1v) is 5.74. The number of hydrogen-bond donors (Lipinski definition) is 2. The molecule has 3 N–H and O–H groups in total. The van der Waals surface area contributed by atoms with E-state index < -0.39 is 0 Å². The molecule has 80 valence electrons. The SMILES string of the molecule is Cc1ccc(Br)c2c1NC(=O)C2CCN. The van der Waals surface area contributed by atoms with E-state index in [0.29, 0.717) is 13.0 Å². The fourth-order valence-corrected chi connectivity index (χ4v) is 2.60. The lowest BCUT2D eigenvalue weighted by Gasteiger charge is -2.09.